The second-order valence-corrected chi connectivity index (χ2v) is 7.84. The normalized spacial score (nSPS) is 12.0. The molecule has 2 nitrogen and oxygen atoms in total. The third-order valence-electron chi connectivity index (χ3n) is 3.38. The molecule has 3 aromatic rings. The Morgan fingerprint density at radius 3 is 2.48 bits per heavy atom. The van der Waals surface area contributed by atoms with E-state index in [-0.39, 0.29) is 0 Å². The maximum absolute atomic E-state index is 9.50. The number of halogens is 2. The van der Waals surface area contributed by atoms with Crippen molar-refractivity contribution >= 4 is 54.8 Å². The molecule has 1 heterocycles. The maximum atomic E-state index is 9.50. The van der Waals surface area contributed by atoms with Gasteiger partial charge in [-0.15, -0.1) is 11.3 Å². The van der Waals surface area contributed by atoms with Gasteiger partial charge in [-0.25, -0.2) is 4.98 Å². The van der Waals surface area contributed by atoms with Crippen LogP contribution in [0, 0.1) is 11.3 Å². The topological polar surface area (TPSA) is 36.7 Å². The number of nitriles is 1. The Hall–Kier alpha value is -2.00. The van der Waals surface area contributed by atoms with E-state index in [1.165, 1.54) is 11.3 Å². The molecule has 0 aliphatic carbocycles. The smallest absolute Gasteiger partial charge is 0.134 e. The van der Waals surface area contributed by atoms with Crippen LogP contribution in [0.4, 0.5) is 0 Å². The standard InChI is InChI=1S/C20H12Br2N2S/c21-17-8-6-15(7-9-17)19-13-25-20(24-19)16(12-23)11-18(22)10-14-4-2-1-3-5-14/h1-11,13H/b16-11+,18-10-. The lowest BCUT2D eigenvalue weighted by Gasteiger charge is -1.97. The summed E-state index contributed by atoms with van der Waals surface area (Å²) in [7, 11) is 0. The van der Waals surface area contributed by atoms with Gasteiger partial charge in [0.2, 0.25) is 0 Å². The third kappa shape index (κ3) is 4.76. The number of nitrogens with zero attached hydrogens (tertiary/aromatic N) is 2. The largest absolute Gasteiger partial charge is 0.235 e. The molecule has 0 spiro atoms. The van der Waals surface area contributed by atoms with Crippen molar-refractivity contribution in [3.8, 4) is 17.3 Å². The van der Waals surface area contributed by atoms with E-state index in [9.17, 15) is 5.26 Å². The maximum Gasteiger partial charge on any atom is 0.134 e. The highest BCUT2D eigenvalue weighted by Crippen LogP contribution is 2.28. The summed E-state index contributed by atoms with van der Waals surface area (Å²) in [5.41, 5.74) is 3.50. The average Bonchev–Trinajstić information content (AvgIpc) is 3.11. The molecule has 5 heteroatoms. The molecule has 3 rings (SSSR count). The lowest BCUT2D eigenvalue weighted by molar-refractivity contribution is 1.36. The molecule has 0 amide bonds. The van der Waals surface area contributed by atoms with Gasteiger partial charge in [-0.1, -0.05) is 74.3 Å². The van der Waals surface area contributed by atoms with Crippen molar-refractivity contribution in [2.45, 2.75) is 0 Å². The monoisotopic (exact) mass is 470 g/mol. The van der Waals surface area contributed by atoms with E-state index in [1.807, 2.05) is 66.1 Å². The van der Waals surface area contributed by atoms with Crippen LogP contribution in [0.15, 0.2) is 75.0 Å². The zero-order valence-electron chi connectivity index (χ0n) is 13.0. The summed E-state index contributed by atoms with van der Waals surface area (Å²) in [6.45, 7) is 0. The fourth-order valence-corrected chi connectivity index (χ4v) is 3.73. The van der Waals surface area contributed by atoms with Crippen LogP contribution in [0.3, 0.4) is 0 Å². The van der Waals surface area contributed by atoms with Crippen LogP contribution in [0.2, 0.25) is 0 Å². The van der Waals surface area contributed by atoms with Crippen molar-refractivity contribution in [2.75, 3.05) is 0 Å². The molecule has 1 aromatic heterocycles. The van der Waals surface area contributed by atoms with Gasteiger partial charge in [0.15, 0.2) is 0 Å². The molecule has 0 aliphatic rings. The first kappa shape index (κ1) is 17.8. The second-order valence-electron chi connectivity index (χ2n) is 5.15. The Bertz CT molecular complexity index is 965. The van der Waals surface area contributed by atoms with Gasteiger partial charge in [0.05, 0.1) is 11.3 Å². The zero-order chi connectivity index (χ0) is 17.6. The van der Waals surface area contributed by atoms with Gasteiger partial charge in [-0.2, -0.15) is 5.26 Å². The van der Waals surface area contributed by atoms with Crippen LogP contribution in [0.1, 0.15) is 10.6 Å². The van der Waals surface area contributed by atoms with E-state index < -0.39 is 0 Å². The Morgan fingerprint density at radius 1 is 1.08 bits per heavy atom. The minimum atomic E-state index is 0.535. The summed E-state index contributed by atoms with van der Waals surface area (Å²) in [6.07, 6.45) is 3.78. The number of rotatable bonds is 4. The highest BCUT2D eigenvalue weighted by atomic mass is 79.9. The molecule has 0 fully saturated rings. The van der Waals surface area contributed by atoms with Crippen molar-refractivity contribution in [3.63, 3.8) is 0 Å². The molecule has 0 saturated heterocycles. The van der Waals surface area contributed by atoms with Gasteiger partial charge in [0, 0.05) is 19.9 Å². The molecule has 0 radical (unpaired) electrons. The predicted molar refractivity (Wildman–Crippen MR) is 112 cm³/mol. The van der Waals surface area contributed by atoms with Crippen LogP contribution < -0.4 is 0 Å². The van der Waals surface area contributed by atoms with Gasteiger partial charge < -0.3 is 0 Å². The number of benzene rings is 2. The first-order valence-electron chi connectivity index (χ1n) is 7.41. The van der Waals surface area contributed by atoms with E-state index in [2.05, 4.69) is 42.9 Å². The van der Waals surface area contributed by atoms with Crippen molar-refractivity contribution in [3.05, 3.63) is 85.6 Å². The van der Waals surface area contributed by atoms with E-state index in [0.29, 0.717) is 10.6 Å². The first-order valence-corrected chi connectivity index (χ1v) is 9.88. The first-order chi connectivity index (χ1) is 12.2. The summed E-state index contributed by atoms with van der Waals surface area (Å²) in [6, 6.07) is 20.2. The second kappa shape index (κ2) is 8.39. The van der Waals surface area contributed by atoms with Crippen molar-refractivity contribution in [1.29, 1.82) is 5.26 Å². The predicted octanol–water partition coefficient (Wildman–Crippen LogP) is 6.92. The molecule has 25 heavy (non-hydrogen) atoms. The highest BCUT2D eigenvalue weighted by molar-refractivity contribution is 9.12. The summed E-state index contributed by atoms with van der Waals surface area (Å²) in [4.78, 5) is 4.61. The average molecular weight is 472 g/mol. The number of hydrogen-bond donors (Lipinski definition) is 0. The molecule has 0 atom stereocenters. The van der Waals surface area contributed by atoms with Gasteiger partial charge in [0.1, 0.15) is 11.1 Å². The van der Waals surface area contributed by atoms with E-state index in [1.54, 1.807) is 6.08 Å². The van der Waals surface area contributed by atoms with Crippen molar-refractivity contribution in [2.24, 2.45) is 0 Å². The summed E-state index contributed by atoms with van der Waals surface area (Å²) in [5, 5.41) is 12.2. The number of hydrogen-bond acceptors (Lipinski definition) is 3. The molecular weight excluding hydrogens is 460 g/mol. The number of aromatic nitrogens is 1. The number of thiazole rings is 1. The molecule has 0 bridgehead atoms. The summed E-state index contributed by atoms with van der Waals surface area (Å²) in [5.74, 6) is 0. The van der Waals surface area contributed by atoms with E-state index in [0.717, 1.165) is 25.8 Å². The van der Waals surface area contributed by atoms with Gasteiger partial charge >= 0.3 is 0 Å². The van der Waals surface area contributed by atoms with Crippen LogP contribution in [0.5, 0.6) is 0 Å². The van der Waals surface area contributed by atoms with Crippen molar-refractivity contribution < 1.29 is 0 Å². The van der Waals surface area contributed by atoms with Crippen LogP contribution in [-0.2, 0) is 0 Å². The Kier molecular flexibility index (Phi) is 5.98. The molecule has 0 N–H and O–H groups in total. The minimum absolute atomic E-state index is 0.535. The summed E-state index contributed by atoms with van der Waals surface area (Å²) >= 11 is 8.42. The quantitative estimate of drug-likeness (QED) is 0.306. The zero-order valence-corrected chi connectivity index (χ0v) is 17.0. The summed E-state index contributed by atoms with van der Waals surface area (Å²) < 4.78 is 1.86. The molecule has 122 valence electrons. The van der Waals surface area contributed by atoms with E-state index >= 15 is 0 Å². The lowest BCUT2D eigenvalue weighted by Crippen LogP contribution is -1.83. The van der Waals surface area contributed by atoms with Crippen molar-refractivity contribution in [1.82, 2.24) is 4.98 Å². The van der Waals surface area contributed by atoms with Gasteiger partial charge in [-0.05, 0) is 29.8 Å². The highest BCUT2D eigenvalue weighted by Gasteiger charge is 2.09. The Balaban J connectivity index is 1.88. The Labute approximate surface area is 167 Å². The molecule has 0 saturated carbocycles. The number of allylic oxidation sites excluding steroid dienone is 3. The SMILES string of the molecule is N#C/C(=C\C(Br)=C\c1ccccc1)c1nc(-c2ccc(Br)cc2)cs1. The van der Waals surface area contributed by atoms with Crippen LogP contribution in [-0.4, -0.2) is 4.98 Å². The lowest BCUT2D eigenvalue weighted by atomic mass is 10.2. The molecular formula is C20H12Br2N2S. The molecule has 0 unspecified atom stereocenters. The van der Waals surface area contributed by atoms with Crippen LogP contribution in [0.25, 0.3) is 22.9 Å². The van der Waals surface area contributed by atoms with Gasteiger partial charge in [0.25, 0.3) is 0 Å². The molecule has 2 aromatic carbocycles. The van der Waals surface area contributed by atoms with Crippen LogP contribution >= 0.6 is 43.2 Å². The molecule has 0 aliphatic heterocycles. The van der Waals surface area contributed by atoms with E-state index in [4.69, 9.17) is 0 Å². The fraction of sp³-hybridized carbons (Fsp3) is 0. The third-order valence-corrected chi connectivity index (χ3v) is 5.24. The Morgan fingerprint density at radius 2 is 1.80 bits per heavy atom. The van der Waals surface area contributed by atoms with Gasteiger partial charge in [-0.3, -0.25) is 0 Å². The fourth-order valence-electron chi connectivity index (χ4n) is 2.18. The minimum Gasteiger partial charge on any atom is -0.235 e.